The number of hydrogen-bond donors (Lipinski definition) is 1. The molecule has 1 spiro atoms. The van der Waals surface area contributed by atoms with Crippen LogP contribution in [0.4, 0.5) is 13.2 Å². The van der Waals surface area contributed by atoms with Gasteiger partial charge in [-0.3, -0.25) is 10.0 Å². The van der Waals surface area contributed by atoms with Crippen LogP contribution in [0.15, 0.2) is 53.4 Å². The molecule has 1 heterocycles. The first-order chi connectivity index (χ1) is 17.5. The van der Waals surface area contributed by atoms with Gasteiger partial charge in [-0.05, 0) is 67.3 Å². The molecule has 0 bridgehead atoms. The van der Waals surface area contributed by atoms with Crippen molar-refractivity contribution in [2.45, 2.75) is 48.8 Å². The van der Waals surface area contributed by atoms with Crippen molar-refractivity contribution in [1.29, 1.82) is 0 Å². The number of hydroxylamine groups is 2. The lowest BCUT2D eigenvalue weighted by Gasteiger charge is -2.39. The van der Waals surface area contributed by atoms with Gasteiger partial charge in [-0.25, -0.2) is 13.5 Å². The molecule has 1 atom stereocenters. The SMILES string of the molecule is O=CN(O)C(CS(=O)(=O)c1ccc(Oc2ccc(OC(F)(F)F)cc2)cc1)C1CCC2(CC1)OCCO2. The maximum Gasteiger partial charge on any atom is 0.573 e. The van der Waals surface area contributed by atoms with E-state index in [9.17, 15) is 31.6 Å². The summed E-state index contributed by atoms with van der Waals surface area (Å²) >= 11 is 0. The van der Waals surface area contributed by atoms with Gasteiger partial charge in [0, 0.05) is 12.8 Å². The van der Waals surface area contributed by atoms with Crippen LogP contribution in [0.1, 0.15) is 25.7 Å². The third-order valence-corrected chi connectivity index (χ3v) is 8.23. The fourth-order valence-corrected chi connectivity index (χ4v) is 6.26. The van der Waals surface area contributed by atoms with Crippen molar-refractivity contribution >= 4 is 16.2 Å². The molecule has 9 nitrogen and oxygen atoms in total. The summed E-state index contributed by atoms with van der Waals surface area (Å²) in [6.45, 7) is 1.00. The van der Waals surface area contributed by atoms with Crippen molar-refractivity contribution < 1.29 is 50.5 Å². The molecule has 1 unspecified atom stereocenters. The molecule has 1 saturated carbocycles. The van der Waals surface area contributed by atoms with Crippen molar-refractivity contribution in [3.8, 4) is 17.2 Å². The van der Waals surface area contributed by atoms with Crippen molar-refractivity contribution in [2.24, 2.45) is 5.92 Å². The summed E-state index contributed by atoms with van der Waals surface area (Å²) in [4.78, 5) is 11.3. The summed E-state index contributed by atoms with van der Waals surface area (Å²) in [5, 5.41) is 10.6. The second-order valence-corrected chi connectivity index (χ2v) is 10.9. The number of carbonyl (C=O) groups is 1. The van der Waals surface area contributed by atoms with Crippen molar-refractivity contribution in [3.63, 3.8) is 0 Å². The summed E-state index contributed by atoms with van der Waals surface area (Å²) < 4.78 is 83.9. The van der Waals surface area contributed by atoms with Gasteiger partial charge in [-0.15, -0.1) is 13.2 Å². The van der Waals surface area contributed by atoms with E-state index in [1.54, 1.807) is 0 Å². The second-order valence-electron chi connectivity index (χ2n) is 8.87. The zero-order valence-electron chi connectivity index (χ0n) is 19.6. The summed E-state index contributed by atoms with van der Waals surface area (Å²) in [5.41, 5.74) is 0. The highest BCUT2D eigenvalue weighted by Crippen LogP contribution is 2.40. The van der Waals surface area contributed by atoms with E-state index in [0.29, 0.717) is 44.0 Å². The Labute approximate surface area is 211 Å². The number of sulfone groups is 1. The minimum atomic E-state index is -4.81. The zero-order chi connectivity index (χ0) is 26.7. The highest BCUT2D eigenvalue weighted by molar-refractivity contribution is 7.91. The molecule has 4 rings (SSSR count). The van der Waals surface area contributed by atoms with Crippen molar-refractivity contribution in [3.05, 3.63) is 48.5 Å². The van der Waals surface area contributed by atoms with E-state index < -0.39 is 39.5 Å². The Balaban J connectivity index is 1.40. The summed E-state index contributed by atoms with van der Waals surface area (Å²) in [7, 11) is -3.91. The number of amides is 1. The largest absolute Gasteiger partial charge is 0.573 e. The molecule has 1 aliphatic heterocycles. The molecule has 13 heteroatoms. The van der Waals surface area contributed by atoms with Crippen LogP contribution in [0.2, 0.25) is 0 Å². The van der Waals surface area contributed by atoms with Gasteiger partial charge in [0.1, 0.15) is 17.2 Å². The molecule has 1 aliphatic carbocycles. The van der Waals surface area contributed by atoms with E-state index >= 15 is 0 Å². The van der Waals surface area contributed by atoms with Crippen molar-refractivity contribution in [2.75, 3.05) is 19.0 Å². The lowest BCUT2D eigenvalue weighted by atomic mass is 9.81. The molecular weight excluding hydrogens is 519 g/mol. The monoisotopic (exact) mass is 545 g/mol. The molecule has 2 aliphatic rings. The van der Waals surface area contributed by atoms with Crippen LogP contribution in [0.5, 0.6) is 17.2 Å². The first-order valence-electron chi connectivity index (χ1n) is 11.6. The number of benzene rings is 2. The van der Waals surface area contributed by atoms with Crippen LogP contribution < -0.4 is 9.47 Å². The fourth-order valence-electron chi connectivity index (χ4n) is 4.64. The van der Waals surface area contributed by atoms with Gasteiger partial charge in [0.15, 0.2) is 15.6 Å². The maximum absolute atomic E-state index is 13.1. The van der Waals surface area contributed by atoms with E-state index in [4.69, 9.17) is 14.2 Å². The Hall–Kier alpha value is -2.87. The average molecular weight is 546 g/mol. The number of ether oxygens (including phenoxy) is 4. The quantitative estimate of drug-likeness (QED) is 0.282. The molecule has 202 valence electrons. The second kappa shape index (κ2) is 10.9. The average Bonchev–Trinajstić information content (AvgIpc) is 3.31. The highest BCUT2D eigenvalue weighted by Gasteiger charge is 2.44. The zero-order valence-corrected chi connectivity index (χ0v) is 20.4. The van der Waals surface area contributed by atoms with Crippen LogP contribution in [0.25, 0.3) is 0 Å². The molecule has 1 saturated heterocycles. The molecule has 37 heavy (non-hydrogen) atoms. The van der Waals surface area contributed by atoms with Crippen LogP contribution in [0.3, 0.4) is 0 Å². The molecule has 2 aromatic carbocycles. The van der Waals surface area contributed by atoms with Gasteiger partial charge in [-0.2, -0.15) is 0 Å². The summed E-state index contributed by atoms with van der Waals surface area (Å²) in [5.74, 6) is -1.34. The van der Waals surface area contributed by atoms with Gasteiger partial charge in [-0.1, -0.05) is 0 Å². The number of halogens is 3. The first kappa shape index (κ1) is 27.2. The maximum atomic E-state index is 13.1. The Morgan fingerprint density at radius 3 is 2.03 bits per heavy atom. The minimum absolute atomic E-state index is 0.0344. The molecule has 1 amide bonds. The highest BCUT2D eigenvalue weighted by atomic mass is 32.2. The van der Waals surface area contributed by atoms with Crippen LogP contribution in [-0.2, 0) is 24.1 Å². The lowest BCUT2D eigenvalue weighted by molar-refractivity contribution is -0.274. The van der Waals surface area contributed by atoms with E-state index in [2.05, 4.69) is 4.74 Å². The predicted octanol–water partition coefficient (Wildman–Crippen LogP) is 4.30. The topological polar surface area (TPSA) is 112 Å². The third kappa shape index (κ3) is 6.92. The van der Waals surface area contributed by atoms with E-state index in [1.165, 1.54) is 36.4 Å². The fraction of sp³-hybridized carbons (Fsp3) is 0.458. The molecule has 2 aromatic rings. The first-order valence-corrected chi connectivity index (χ1v) is 13.2. The van der Waals surface area contributed by atoms with Gasteiger partial charge >= 0.3 is 6.36 Å². The number of hydrogen-bond acceptors (Lipinski definition) is 8. The lowest BCUT2D eigenvalue weighted by Crippen LogP contribution is -2.46. The normalized spacial score (nSPS) is 18.9. The van der Waals surface area contributed by atoms with E-state index in [-0.39, 0.29) is 28.7 Å². The Morgan fingerprint density at radius 2 is 1.51 bits per heavy atom. The standard InChI is InChI=1S/C24H26F3NO8S/c25-24(26,27)36-20-3-1-18(2-4-20)35-19-5-7-21(8-6-19)37(31,32)15-22(28(30)16-29)17-9-11-23(12-10-17)33-13-14-34-23/h1-8,16-17,22,30H,9-15H2. The van der Waals surface area contributed by atoms with Crippen LogP contribution in [0, 0.1) is 5.92 Å². The van der Waals surface area contributed by atoms with Gasteiger partial charge < -0.3 is 18.9 Å². The van der Waals surface area contributed by atoms with Gasteiger partial charge in [0.05, 0.1) is 29.9 Å². The smallest absolute Gasteiger partial charge is 0.457 e. The Kier molecular flexibility index (Phi) is 7.97. The van der Waals surface area contributed by atoms with Crippen molar-refractivity contribution in [1.82, 2.24) is 5.06 Å². The molecule has 1 N–H and O–H groups in total. The summed E-state index contributed by atoms with van der Waals surface area (Å²) in [6, 6.07) is 9.23. The predicted molar refractivity (Wildman–Crippen MR) is 122 cm³/mol. The molecule has 2 fully saturated rings. The minimum Gasteiger partial charge on any atom is -0.457 e. The van der Waals surface area contributed by atoms with E-state index in [0.717, 1.165) is 12.1 Å². The van der Waals surface area contributed by atoms with Gasteiger partial charge in [0.2, 0.25) is 6.41 Å². The molecular formula is C24H26F3NO8S. The Bertz CT molecular complexity index is 1160. The Morgan fingerprint density at radius 1 is 1.00 bits per heavy atom. The molecule has 0 aromatic heterocycles. The van der Waals surface area contributed by atoms with E-state index in [1.807, 2.05) is 0 Å². The summed E-state index contributed by atoms with van der Waals surface area (Å²) in [6.07, 6.45) is -2.49. The number of rotatable bonds is 9. The van der Waals surface area contributed by atoms with Crippen LogP contribution >= 0.6 is 0 Å². The molecule has 0 radical (unpaired) electrons. The third-order valence-electron chi connectivity index (χ3n) is 6.46. The number of alkyl halides is 3. The van der Waals surface area contributed by atoms with Gasteiger partial charge in [0.25, 0.3) is 0 Å². The number of carbonyl (C=O) groups excluding carboxylic acids is 1. The number of nitrogens with zero attached hydrogens (tertiary/aromatic N) is 1. The van der Waals surface area contributed by atoms with Crippen LogP contribution in [-0.4, -0.2) is 62.3 Å².